The molecule has 0 aromatic rings. The first kappa shape index (κ1) is 8.34. The van der Waals surface area contributed by atoms with E-state index in [0.717, 1.165) is 25.7 Å². The quantitative estimate of drug-likeness (QED) is 0.424. The average molecular weight is 186 g/mol. The van der Waals surface area contributed by atoms with Gasteiger partial charge in [-0.15, -0.1) is 0 Å². The zero-order valence-electron chi connectivity index (χ0n) is 7.02. The molecule has 1 heterocycles. The lowest BCUT2D eigenvalue weighted by Crippen LogP contribution is -2.33. The second-order valence-corrected chi connectivity index (χ2v) is 3.20. The van der Waals surface area contributed by atoms with E-state index >= 15 is 0 Å². The van der Waals surface area contributed by atoms with E-state index in [1.165, 1.54) is 0 Å². The molecule has 0 unspecified atom stereocenters. The molecular weight excluding hydrogens is 176 g/mol. The third-order valence-electron chi connectivity index (χ3n) is 2.30. The minimum absolute atomic E-state index is 0.312. The first-order valence-electron chi connectivity index (χ1n) is 4.35. The van der Waals surface area contributed by atoms with Crippen LogP contribution in [0, 0.1) is 0 Å². The van der Waals surface area contributed by atoms with E-state index in [4.69, 9.17) is 9.47 Å². The molecule has 5 heteroatoms. The molecule has 0 aromatic heterocycles. The van der Waals surface area contributed by atoms with Crippen LogP contribution in [0.1, 0.15) is 25.7 Å². The van der Waals surface area contributed by atoms with Gasteiger partial charge in [0.1, 0.15) is 12.2 Å². The van der Waals surface area contributed by atoms with Crippen molar-refractivity contribution in [1.29, 1.82) is 0 Å². The van der Waals surface area contributed by atoms with Crippen molar-refractivity contribution in [3.8, 4) is 0 Å². The number of hydrogen-bond donors (Lipinski definition) is 0. The van der Waals surface area contributed by atoms with Crippen LogP contribution in [-0.4, -0.2) is 24.5 Å². The number of hydrogen-bond acceptors (Lipinski definition) is 5. The second kappa shape index (κ2) is 3.24. The van der Waals surface area contributed by atoms with E-state index in [1.807, 2.05) is 0 Å². The molecule has 2 fully saturated rings. The molecule has 0 amide bonds. The largest absolute Gasteiger partial charge is 0.518 e. The van der Waals surface area contributed by atoms with Crippen molar-refractivity contribution in [3.63, 3.8) is 0 Å². The van der Waals surface area contributed by atoms with Gasteiger partial charge in [-0.3, -0.25) is 0 Å². The van der Waals surface area contributed by atoms with Crippen molar-refractivity contribution in [1.82, 2.24) is 0 Å². The molecule has 2 atom stereocenters. The Balaban J connectivity index is 2.09. The smallest absolute Gasteiger partial charge is 0.427 e. The Morgan fingerprint density at radius 1 is 0.923 bits per heavy atom. The van der Waals surface area contributed by atoms with Crippen LogP contribution in [0.5, 0.6) is 0 Å². The number of carbonyl (C=O) groups is 2. The third kappa shape index (κ3) is 1.74. The topological polar surface area (TPSA) is 61.8 Å². The summed E-state index contributed by atoms with van der Waals surface area (Å²) in [6.45, 7) is 0. The monoisotopic (exact) mass is 186 g/mol. The van der Waals surface area contributed by atoms with Gasteiger partial charge in [-0.2, -0.15) is 0 Å². The van der Waals surface area contributed by atoms with Crippen molar-refractivity contribution < 1.29 is 23.8 Å². The molecule has 0 radical (unpaired) electrons. The number of carbonyl (C=O) groups excluding carboxylic acids is 2. The minimum atomic E-state index is -0.945. The van der Waals surface area contributed by atoms with Gasteiger partial charge >= 0.3 is 12.3 Å². The van der Waals surface area contributed by atoms with Crippen molar-refractivity contribution in [2.24, 2.45) is 0 Å². The predicted molar refractivity (Wildman–Crippen MR) is 40.1 cm³/mol. The zero-order chi connectivity index (χ0) is 9.26. The van der Waals surface area contributed by atoms with Crippen molar-refractivity contribution in [2.45, 2.75) is 37.9 Å². The Bertz CT molecular complexity index is 213. The van der Waals surface area contributed by atoms with Crippen LogP contribution in [0.2, 0.25) is 0 Å². The van der Waals surface area contributed by atoms with Gasteiger partial charge in [-0.25, -0.2) is 9.59 Å². The molecule has 0 spiro atoms. The number of ether oxygens (including phenoxy) is 3. The summed E-state index contributed by atoms with van der Waals surface area (Å²) in [5, 5.41) is 0. The molecule has 0 aromatic carbocycles. The molecule has 0 N–H and O–H groups in total. The highest BCUT2D eigenvalue weighted by molar-refractivity contribution is 5.77. The van der Waals surface area contributed by atoms with Gasteiger partial charge in [0, 0.05) is 0 Å². The molecule has 1 aliphatic heterocycles. The Labute approximate surface area is 74.9 Å². The van der Waals surface area contributed by atoms with Gasteiger partial charge in [0.15, 0.2) is 0 Å². The molecule has 0 bridgehead atoms. The van der Waals surface area contributed by atoms with Crippen LogP contribution in [-0.2, 0) is 14.2 Å². The molecule has 1 saturated heterocycles. The van der Waals surface area contributed by atoms with Crippen LogP contribution in [0.3, 0.4) is 0 Å². The van der Waals surface area contributed by atoms with Crippen LogP contribution in [0.4, 0.5) is 9.59 Å². The van der Waals surface area contributed by atoms with Crippen molar-refractivity contribution in [2.75, 3.05) is 0 Å². The van der Waals surface area contributed by atoms with Crippen molar-refractivity contribution >= 4 is 12.3 Å². The van der Waals surface area contributed by atoms with E-state index in [1.54, 1.807) is 0 Å². The summed E-state index contributed by atoms with van der Waals surface area (Å²) >= 11 is 0. The Morgan fingerprint density at radius 3 is 1.85 bits per heavy atom. The van der Waals surface area contributed by atoms with Gasteiger partial charge in [0.05, 0.1) is 0 Å². The normalized spacial score (nSPS) is 33.5. The maximum absolute atomic E-state index is 10.8. The van der Waals surface area contributed by atoms with Crippen LogP contribution in [0.15, 0.2) is 0 Å². The highest BCUT2D eigenvalue weighted by Crippen LogP contribution is 2.26. The lowest BCUT2D eigenvalue weighted by Gasteiger charge is -2.26. The summed E-state index contributed by atoms with van der Waals surface area (Å²) in [4.78, 5) is 21.6. The summed E-state index contributed by atoms with van der Waals surface area (Å²) in [5.74, 6) is 0. The SMILES string of the molecule is O=C1OC(=O)O[C@@H]2CCCC[C@@H]2O1. The lowest BCUT2D eigenvalue weighted by molar-refractivity contribution is -0.0106. The minimum Gasteiger partial charge on any atom is -0.427 e. The summed E-state index contributed by atoms with van der Waals surface area (Å²) in [6.07, 6.45) is 0.956. The van der Waals surface area contributed by atoms with Crippen LogP contribution >= 0.6 is 0 Å². The molecule has 13 heavy (non-hydrogen) atoms. The van der Waals surface area contributed by atoms with Gasteiger partial charge in [0.25, 0.3) is 0 Å². The first-order valence-corrected chi connectivity index (χ1v) is 4.35. The van der Waals surface area contributed by atoms with Gasteiger partial charge < -0.3 is 14.2 Å². The lowest BCUT2D eigenvalue weighted by atomic mass is 9.95. The van der Waals surface area contributed by atoms with Crippen LogP contribution < -0.4 is 0 Å². The first-order chi connectivity index (χ1) is 6.25. The summed E-state index contributed by atoms with van der Waals surface area (Å²) in [7, 11) is 0. The summed E-state index contributed by atoms with van der Waals surface area (Å²) in [5.41, 5.74) is 0. The van der Waals surface area contributed by atoms with E-state index < -0.39 is 12.3 Å². The summed E-state index contributed by atoms with van der Waals surface area (Å²) in [6, 6.07) is 0. The van der Waals surface area contributed by atoms with E-state index in [9.17, 15) is 9.59 Å². The van der Waals surface area contributed by atoms with Gasteiger partial charge in [-0.1, -0.05) is 0 Å². The third-order valence-corrected chi connectivity index (χ3v) is 2.30. The maximum Gasteiger partial charge on any atom is 0.518 e. The fraction of sp³-hybridized carbons (Fsp3) is 0.750. The number of rotatable bonds is 0. The molecule has 2 rings (SSSR count). The molecule has 1 aliphatic carbocycles. The predicted octanol–water partition coefficient (Wildman–Crippen LogP) is 1.60. The number of fused-ring (bicyclic) bond motifs is 1. The molecule has 5 nitrogen and oxygen atoms in total. The molecule has 2 aliphatic rings. The average Bonchev–Trinajstić information content (AvgIpc) is 2.20. The fourth-order valence-corrected chi connectivity index (χ4v) is 1.70. The second-order valence-electron chi connectivity index (χ2n) is 3.20. The highest BCUT2D eigenvalue weighted by atomic mass is 16.8. The highest BCUT2D eigenvalue weighted by Gasteiger charge is 2.36. The van der Waals surface area contributed by atoms with E-state index in [-0.39, 0.29) is 12.2 Å². The van der Waals surface area contributed by atoms with E-state index in [2.05, 4.69) is 4.74 Å². The van der Waals surface area contributed by atoms with Gasteiger partial charge in [-0.05, 0) is 25.7 Å². The molecule has 1 saturated carbocycles. The van der Waals surface area contributed by atoms with Crippen molar-refractivity contribution in [3.05, 3.63) is 0 Å². The maximum atomic E-state index is 10.8. The zero-order valence-corrected chi connectivity index (χ0v) is 7.02. The fourth-order valence-electron chi connectivity index (χ4n) is 1.70. The van der Waals surface area contributed by atoms with E-state index in [0.29, 0.717) is 0 Å². The molecule has 72 valence electrons. The van der Waals surface area contributed by atoms with Gasteiger partial charge in [0.2, 0.25) is 0 Å². The summed E-state index contributed by atoms with van der Waals surface area (Å²) < 4.78 is 13.9. The number of cyclic esters (lactones) is 2. The Kier molecular flexibility index (Phi) is 2.08. The standard InChI is InChI=1S/C8H10O5/c9-7-11-5-3-1-2-4-6(5)12-8(10)13-7/h5-6H,1-4H2/t5-,6+. The Hall–Kier alpha value is -1.26. The molecular formula is C8H10O5. The Morgan fingerprint density at radius 2 is 1.38 bits per heavy atom. The van der Waals surface area contributed by atoms with Crippen LogP contribution in [0.25, 0.3) is 0 Å².